The Balaban J connectivity index is 1.55. The molecule has 1 aromatic heterocycles. The molecule has 4 rings (SSSR count). The number of primary amides is 2. The number of carbonyl (C=O) groups is 7. The minimum atomic E-state index is -1.01. The molecule has 0 saturated heterocycles. The van der Waals surface area contributed by atoms with Crippen molar-refractivity contribution in [3.05, 3.63) is 53.0 Å². The van der Waals surface area contributed by atoms with Gasteiger partial charge in [-0.15, -0.1) is 23.1 Å². The highest BCUT2D eigenvalue weighted by molar-refractivity contribution is 8.15. The molecule has 0 aliphatic carbocycles. The molecule has 1 aliphatic heterocycles. The first kappa shape index (κ1) is 38.8. The lowest BCUT2D eigenvalue weighted by atomic mass is 9.81. The van der Waals surface area contributed by atoms with Crippen LogP contribution in [0.15, 0.2) is 47.5 Å². The molecule has 4 atom stereocenters. The van der Waals surface area contributed by atoms with E-state index < -0.39 is 59.1 Å². The van der Waals surface area contributed by atoms with Gasteiger partial charge in [0.25, 0.3) is 0 Å². The van der Waals surface area contributed by atoms with Gasteiger partial charge in [-0.25, -0.2) is 9.78 Å². The van der Waals surface area contributed by atoms with Crippen LogP contribution in [0.1, 0.15) is 62.4 Å². The van der Waals surface area contributed by atoms with Crippen LogP contribution in [0, 0.1) is 17.8 Å². The quantitative estimate of drug-likeness (QED) is 0.112. The summed E-state index contributed by atoms with van der Waals surface area (Å²) in [5.41, 5.74) is 12.4. The normalized spacial score (nSPS) is 15.8. The van der Waals surface area contributed by atoms with Gasteiger partial charge in [0.15, 0.2) is 6.04 Å². The predicted molar refractivity (Wildman–Crippen MR) is 192 cm³/mol. The third-order valence-corrected chi connectivity index (χ3v) is 10.6. The van der Waals surface area contributed by atoms with Gasteiger partial charge in [-0.05, 0) is 62.1 Å². The second kappa shape index (κ2) is 17.8. The van der Waals surface area contributed by atoms with E-state index in [-0.39, 0.29) is 62.9 Å². The molecule has 0 saturated carbocycles. The number of aliphatic carboxylic acids is 1. The lowest BCUT2D eigenvalue weighted by Gasteiger charge is -2.22. The van der Waals surface area contributed by atoms with Crippen molar-refractivity contribution in [1.29, 1.82) is 0 Å². The van der Waals surface area contributed by atoms with Crippen molar-refractivity contribution in [3.8, 4) is 5.75 Å². The Bertz CT molecular complexity index is 1860. The van der Waals surface area contributed by atoms with Crippen LogP contribution >= 0.6 is 23.1 Å². The molecule has 0 bridgehead atoms. The molecule has 2 aromatic carbocycles. The molecule has 3 aromatic rings. The number of hydrogen-bond donors (Lipinski definition) is 5. The second-order valence-corrected chi connectivity index (χ2v) is 14.5. The third-order valence-electron chi connectivity index (χ3n) is 8.38. The number of nitrogens with one attached hydrogen (secondary N) is 1. The summed E-state index contributed by atoms with van der Waals surface area (Å²) in [4.78, 5) is 96.2. The Labute approximate surface area is 301 Å². The first-order valence-corrected chi connectivity index (χ1v) is 18.0. The van der Waals surface area contributed by atoms with Crippen LogP contribution < -0.4 is 16.8 Å². The Hall–Kier alpha value is -4.96. The number of thiazole rings is 1. The molecule has 270 valence electrons. The van der Waals surface area contributed by atoms with E-state index in [0.29, 0.717) is 32.6 Å². The zero-order valence-corrected chi connectivity index (χ0v) is 29.5. The predicted octanol–water partition coefficient (Wildman–Crippen LogP) is 3.41. The molecule has 16 heteroatoms. The zero-order valence-electron chi connectivity index (χ0n) is 27.8. The molecule has 2 heterocycles. The van der Waals surface area contributed by atoms with Crippen molar-refractivity contribution in [2.75, 3.05) is 11.1 Å². The summed E-state index contributed by atoms with van der Waals surface area (Å²) < 4.78 is 0.720. The Morgan fingerprint density at radius 3 is 2.06 bits per heavy atom. The number of phenolic OH excluding ortho intramolecular Hbond substituents is 1. The highest BCUT2D eigenvalue weighted by atomic mass is 32.2. The van der Waals surface area contributed by atoms with E-state index in [1.807, 2.05) is 0 Å². The van der Waals surface area contributed by atoms with Crippen LogP contribution in [-0.2, 0) is 40.0 Å². The minimum Gasteiger partial charge on any atom is -0.508 e. The minimum absolute atomic E-state index is 0.0231. The molecule has 7 N–H and O–H groups in total. The lowest BCUT2D eigenvalue weighted by molar-refractivity contribution is -0.137. The fourth-order valence-corrected chi connectivity index (χ4v) is 7.78. The summed E-state index contributed by atoms with van der Waals surface area (Å²) in [6.45, 7) is 1.32. The number of nitrogens with zero attached hydrogens (tertiary/aromatic N) is 2. The molecule has 1 aliphatic rings. The van der Waals surface area contributed by atoms with E-state index in [2.05, 4.69) is 15.3 Å². The summed E-state index contributed by atoms with van der Waals surface area (Å²) in [6.07, 6.45) is -0.934. The first-order valence-electron chi connectivity index (χ1n) is 16.2. The van der Waals surface area contributed by atoms with Crippen LogP contribution in [0.4, 0.5) is 5.69 Å². The lowest BCUT2D eigenvalue weighted by Crippen LogP contribution is -2.31. The molecule has 0 fully saturated rings. The first-order chi connectivity index (χ1) is 24.2. The van der Waals surface area contributed by atoms with Gasteiger partial charge in [-0.2, -0.15) is 0 Å². The maximum atomic E-state index is 13.9. The number of hydrogen-bond acceptors (Lipinski definition) is 12. The molecular weight excluding hydrogens is 699 g/mol. The van der Waals surface area contributed by atoms with Gasteiger partial charge in [0.05, 0.1) is 10.2 Å². The maximum absolute atomic E-state index is 13.9. The number of aromatic hydroxyl groups is 1. The Morgan fingerprint density at radius 1 is 0.882 bits per heavy atom. The number of carboxylic acid groups (broad SMARTS) is 1. The number of Topliss-reactive ketones (excluding diaryl/α,β-unsaturated/α-hetero) is 3. The highest BCUT2D eigenvalue weighted by Gasteiger charge is 2.32. The number of carboxylic acids is 1. The van der Waals surface area contributed by atoms with Crippen molar-refractivity contribution in [3.63, 3.8) is 0 Å². The third kappa shape index (κ3) is 11.5. The van der Waals surface area contributed by atoms with Crippen LogP contribution in [-0.4, -0.2) is 73.1 Å². The second-order valence-electron chi connectivity index (χ2n) is 12.5. The summed E-state index contributed by atoms with van der Waals surface area (Å²) in [6, 6.07) is 10.4. The number of aliphatic imine (C=N–C) groups is 1. The van der Waals surface area contributed by atoms with Gasteiger partial charge in [-0.3, -0.25) is 29.0 Å². The molecular formula is C35H39N5O9S2. The number of thioether (sulfide) groups is 1. The van der Waals surface area contributed by atoms with Crippen molar-refractivity contribution in [1.82, 2.24) is 4.98 Å². The number of fused-ring (bicyclic) bond motifs is 1. The van der Waals surface area contributed by atoms with Crippen LogP contribution in [0.2, 0.25) is 0 Å². The maximum Gasteiger partial charge on any atom is 0.329 e. The van der Waals surface area contributed by atoms with Gasteiger partial charge in [0, 0.05) is 61.3 Å². The number of ketones is 3. The van der Waals surface area contributed by atoms with Crippen LogP contribution in [0.3, 0.4) is 0 Å². The highest BCUT2D eigenvalue weighted by Crippen LogP contribution is 2.32. The SMILES string of the molecule is CC(=O)CC(CCC(N)=O)C(=O)CC(CCC(N)=O)C(=O)CC(Cc1ccc(O)cc1)C(=O)Nc1ccc2nc(C3=NC(C(=O)O)CS3)sc2c1. The topological polar surface area (TPSA) is 249 Å². The number of anilines is 1. The van der Waals surface area contributed by atoms with Gasteiger partial charge < -0.3 is 31.8 Å². The fraction of sp³-hybridized carbons (Fsp3) is 0.400. The number of phenols is 1. The van der Waals surface area contributed by atoms with Gasteiger partial charge in [-0.1, -0.05) is 12.1 Å². The Morgan fingerprint density at radius 2 is 1.49 bits per heavy atom. The van der Waals surface area contributed by atoms with E-state index in [0.717, 1.165) is 4.70 Å². The molecule has 0 radical (unpaired) electrons. The van der Waals surface area contributed by atoms with E-state index in [1.165, 1.54) is 42.2 Å². The van der Waals surface area contributed by atoms with E-state index >= 15 is 0 Å². The molecule has 4 unspecified atom stereocenters. The van der Waals surface area contributed by atoms with E-state index in [9.17, 15) is 43.8 Å². The summed E-state index contributed by atoms with van der Waals surface area (Å²) in [7, 11) is 0. The number of nitrogens with two attached hydrogens (primary N) is 2. The number of aromatic nitrogens is 1. The molecule has 51 heavy (non-hydrogen) atoms. The smallest absolute Gasteiger partial charge is 0.329 e. The Kier molecular flexibility index (Phi) is 13.6. The molecule has 0 spiro atoms. The summed E-state index contributed by atoms with van der Waals surface area (Å²) in [5.74, 6) is -6.35. The van der Waals surface area contributed by atoms with Gasteiger partial charge in [0.1, 0.15) is 33.2 Å². The average molecular weight is 738 g/mol. The van der Waals surface area contributed by atoms with Crippen molar-refractivity contribution >= 4 is 85.1 Å². The van der Waals surface area contributed by atoms with E-state index in [1.54, 1.807) is 30.3 Å². The number of benzene rings is 2. The van der Waals surface area contributed by atoms with E-state index in [4.69, 9.17) is 11.5 Å². The van der Waals surface area contributed by atoms with Gasteiger partial charge in [0.2, 0.25) is 17.7 Å². The largest absolute Gasteiger partial charge is 0.508 e. The molecule has 3 amide bonds. The molecule has 14 nitrogen and oxygen atoms in total. The summed E-state index contributed by atoms with van der Waals surface area (Å²) >= 11 is 2.61. The number of rotatable bonds is 20. The zero-order chi connectivity index (χ0) is 37.2. The number of carbonyl (C=O) groups excluding carboxylic acids is 6. The number of amides is 3. The van der Waals surface area contributed by atoms with Gasteiger partial charge >= 0.3 is 5.97 Å². The van der Waals surface area contributed by atoms with Crippen LogP contribution in [0.5, 0.6) is 5.75 Å². The summed E-state index contributed by atoms with van der Waals surface area (Å²) in [5, 5.41) is 23.0. The standard InChI is InChI=1S/C35H39N5O9S2/c1-18(41)12-20(4-10-30(36)45)27(43)14-21(5-11-31(37)46)28(44)15-22(13-19-2-7-24(42)8-3-19)32(47)38-23-6-9-25-29(16-23)51-34(39-25)33-40-26(17-50-33)35(48)49/h2-3,6-9,16,20-22,26,42H,4-5,10-15,17H2,1H3,(H2,36,45)(H2,37,46)(H,38,47)(H,48,49). The van der Waals surface area contributed by atoms with Crippen molar-refractivity contribution in [2.45, 2.75) is 64.3 Å². The van der Waals surface area contributed by atoms with Crippen molar-refractivity contribution < 1.29 is 43.8 Å². The van der Waals surface area contributed by atoms with Crippen molar-refractivity contribution in [2.24, 2.45) is 34.2 Å². The fourth-order valence-electron chi connectivity index (χ4n) is 5.68. The monoisotopic (exact) mass is 737 g/mol. The van der Waals surface area contributed by atoms with Crippen LogP contribution in [0.25, 0.3) is 10.2 Å². The average Bonchev–Trinajstić information content (AvgIpc) is 3.73.